The molecule has 0 radical (unpaired) electrons. The lowest BCUT2D eigenvalue weighted by atomic mass is 10.2. The Morgan fingerprint density at radius 2 is 1.70 bits per heavy atom. The number of para-hydroxylation sites is 2. The number of benzene rings is 2. The highest BCUT2D eigenvalue weighted by Gasteiger charge is 2.07. The summed E-state index contributed by atoms with van der Waals surface area (Å²) in [4.78, 5) is 11.9. The van der Waals surface area contributed by atoms with Crippen molar-refractivity contribution in [1.29, 1.82) is 0 Å². The number of hydrogen-bond acceptors (Lipinski definition) is 3. The third kappa shape index (κ3) is 5.18. The largest absolute Gasteiger partial charge is 0.494 e. The Morgan fingerprint density at radius 3 is 2.35 bits per heavy atom. The Balaban J connectivity index is 2.13. The average molecular weight is 311 g/mol. The van der Waals surface area contributed by atoms with Crippen molar-refractivity contribution in [2.24, 2.45) is 0 Å². The van der Waals surface area contributed by atoms with Crippen LogP contribution in [0, 0.1) is 0 Å². The fourth-order valence-electron chi connectivity index (χ4n) is 1.99. The summed E-state index contributed by atoms with van der Waals surface area (Å²) in [6.07, 6.45) is 1.55. The molecule has 1 N–H and O–H groups in total. The van der Waals surface area contributed by atoms with Crippen LogP contribution in [0.25, 0.3) is 0 Å². The molecule has 0 saturated heterocycles. The van der Waals surface area contributed by atoms with Gasteiger partial charge in [0.1, 0.15) is 11.5 Å². The summed E-state index contributed by atoms with van der Waals surface area (Å²) in [5.41, 5.74) is 1.57. The molecule has 23 heavy (non-hydrogen) atoms. The SMILES string of the molecule is CCOc1ccc(Oc2ccccc2NC(=O)C=C(C)C)cc1. The Labute approximate surface area is 136 Å². The fraction of sp³-hybridized carbons (Fsp3) is 0.211. The smallest absolute Gasteiger partial charge is 0.248 e. The third-order valence-corrected chi connectivity index (χ3v) is 2.93. The summed E-state index contributed by atoms with van der Waals surface area (Å²) >= 11 is 0. The second kappa shape index (κ2) is 8.03. The number of amides is 1. The van der Waals surface area contributed by atoms with Crippen molar-refractivity contribution >= 4 is 11.6 Å². The van der Waals surface area contributed by atoms with E-state index in [1.54, 1.807) is 12.1 Å². The number of anilines is 1. The summed E-state index contributed by atoms with van der Waals surface area (Å²) in [5.74, 6) is 1.89. The van der Waals surface area contributed by atoms with Gasteiger partial charge >= 0.3 is 0 Å². The predicted octanol–water partition coefficient (Wildman–Crippen LogP) is 4.78. The molecule has 0 heterocycles. The molecule has 2 rings (SSSR count). The predicted molar refractivity (Wildman–Crippen MR) is 92.2 cm³/mol. The van der Waals surface area contributed by atoms with Gasteiger partial charge in [-0.2, -0.15) is 0 Å². The van der Waals surface area contributed by atoms with Crippen LogP contribution in [0.5, 0.6) is 17.2 Å². The molecule has 4 heteroatoms. The van der Waals surface area contributed by atoms with Crippen LogP contribution in [-0.2, 0) is 4.79 Å². The lowest BCUT2D eigenvalue weighted by molar-refractivity contribution is -0.112. The average Bonchev–Trinajstić information content (AvgIpc) is 2.50. The van der Waals surface area contributed by atoms with E-state index in [1.807, 2.05) is 63.2 Å². The van der Waals surface area contributed by atoms with Crippen LogP contribution in [0.3, 0.4) is 0 Å². The molecule has 0 spiro atoms. The van der Waals surface area contributed by atoms with Crippen molar-refractivity contribution in [1.82, 2.24) is 0 Å². The van der Waals surface area contributed by atoms with Gasteiger partial charge in [0.2, 0.25) is 5.91 Å². The minimum Gasteiger partial charge on any atom is -0.494 e. The van der Waals surface area contributed by atoms with E-state index in [2.05, 4.69) is 5.32 Å². The van der Waals surface area contributed by atoms with Gasteiger partial charge in [0.25, 0.3) is 0 Å². The second-order valence-corrected chi connectivity index (χ2v) is 5.21. The molecular formula is C19H21NO3. The van der Waals surface area contributed by atoms with Crippen LogP contribution >= 0.6 is 0 Å². The van der Waals surface area contributed by atoms with Gasteiger partial charge in [0, 0.05) is 6.08 Å². The summed E-state index contributed by atoms with van der Waals surface area (Å²) in [6, 6.07) is 14.7. The van der Waals surface area contributed by atoms with E-state index in [9.17, 15) is 4.79 Å². The van der Waals surface area contributed by atoms with Crippen molar-refractivity contribution in [2.75, 3.05) is 11.9 Å². The maximum absolute atomic E-state index is 11.9. The molecule has 2 aromatic rings. The second-order valence-electron chi connectivity index (χ2n) is 5.21. The number of carbonyl (C=O) groups excluding carboxylic acids is 1. The first-order chi connectivity index (χ1) is 11.1. The van der Waals surface area contributed by atoms with E-state index in [-0.39, 0.29) is 5.91 Å². The van der Waals surface area contributed by atoms with Gasteiger partial charge in [-0.25, -0.2) is 0 Å². The van der Waals surface area contributed by atoms with E-state index >= 15 is 0 Å². The first kappa shape index (κ1) is 16.6. The van der Waals surface area contributed by atoms with Crippen LogP contribution in [0.1, 0.15) is 20.8 Å². The Bertz CT molecular complexity index is 686. The highest BCUT2D eigenvalue weighted by Crippen LogP contribution is 2.30. The summed E-state index contributed by atoms with van der Waals surface area (Å²) in [7, 11) is 0. The van der Waals surface area contributed by atoms with Gasteiger partial charge in [0.05, 0.1) is 12.3 Å². The molecule has 1 amide bonds. The Hall–Kier alpha value is -2.75. The maximum Gasteiger partial charge on any atom is 0.248 e. The van der Waals surface area contributed by atoms with Crippen molar-refractivity contribution in [3.63, 3.8) is 0 Å². The standard InChI is InChI=1S/C19H21NO3/c1-4-22-15-9-11-16(12-10-15)23-18-8-6-5-7-17(18)20-19(21)13-14(2)3/h5-13H,4H2,1-3H3,(H,20,21). The van der Waals surface area contributed by atoms with Crippen molar-refractivity contribution < 1.29 is 14.3 Å². The number of carbonyl (C=O) groups is 1. The number of hydrogen-bond donors (Lipinski definition) is 1. The quantitative estimate of drug-likeness (QED) is 0.781. The highest BCUT2D eigenvalue weighted by molar-refractivity contribution is 6.00. The summed E-state index contributed by atoms with van der Waals surface area (Å²) in [6.45, 7) is 6.32. The lowest BCUT2D eigenvalue weighted by Crippen LogP contribution is -2.09. The normalized spacial score (nSPS) is 9.87. The van der Waals surface area contributed by atoms with Gasteiger partial charge in [-0.15, -0.1) is 0 Å². The van der Waals surface area contributed by atoms with Gasteiger partial charge in [0.15, 0.2) is 5.75 Å². The van der Waals surface area contributed by atoms with Gasteiger partial charge in [-0.3, -0.25) is 4.79 Å². The molecule has 0 atom stereocenters. The molecule has 0 unspecified atom stereocenters. The Kier molecular flexibility index (Phi) is 5.80. The number of ether oxygens (including phenoxy) is 2. The minimum atomic E-state index is -0.173. The van der Waals surface area contributed by atoms with Crippen LogP contribution in [0.2, 0.25) is 0 Å². The maximum atomic E-state index is 11.9. The molecule has 0 saturated carbocycles. The fourth-order valence-corrected chi connectivity index (χ4v) is 1.99. The van der Waals surface area contributed by atoms with E-state index in [4.69, 9.17) is 9.47 Å². The highest BCUT2D eigenvalue weighted by atomic mass is 16.5. The van der Waals surface area contributed by atoms with E-state index in [0.29, 0.717) is 23.8 Å². The zero-order valence-electron chi connectivity index (χ0n) is 13.6. The first-order valence-electron chi connectivity index (χ1n) is 7.54. The molecule has 0 bridgehead atoms. The first-order valence-corrected chi connectivity index (χ1v) is 7.54. The molecule has 0 aliphatic rings. The van der Waals surface area contributed by atoms with Gasteiger partial charge in [-0.05, 0) is 57.2 Å². The van der Waals surface area contributed by atoms with Crippen molar-refractivity contribution in [3.05, 3.63) is 60.2 Å². The van der Waals surface area contributed by atoms with Crippen LogP contribution < -0.4 is 14.8 Å². The number of nitrogens with one attached hydrogen (secondary N) is 1. The zero-order valence-corrected chi connectivity index (χ0v) is 13.6. The molecule has 4 nitrogen and oxygen atoms in total. The van der Waals surface area contributed by atoms with Crippen molar-refractivity contribution in [3.8, 4) is 17.2 Å². The zero-order chi connectivity index (χ0) is 16.7. The molecule has 2 aromatic carbocycles. The van der Waals surface area contributed by atoms with E-state index in [0.717, 1.165) is 11.3 Å². The molecule has 0 fully saturated rings. The van der Waals surface area contributed by atoms with Gasteiger partial charge < -0.3 is 14.8 Å². The molecular weight excluding hydrogens is 290 g/mol. The van der Waals surface area contributed by atoms with Crippen LogP contribution in [-0.4, -0.2) is 12.5 Å². The molecule has 0 aromatic heterocycles. The monoisotopic (exact) mass is 311 g/mol. The van der Waals surface area contributed by atoms with E-state index < -0.39 is 0 Å². The summed E-state index contributed by atoms with van der Waals surface area (Å²) < 4.78 is 11.3. The molecule has 120 valence electrons. The Morgan fingerprint density at radius 1 is 1.04 bits per heavy atom. The lowest BCUT2D eigenvalue weighted by Gasteiger charge is -2.12. The minimum absolute atomic E-state index is 0.173. The topological polar surface area (TPSA) is 47.6 Å². The number of rotatable bonds is 6. The molecule has 0 aliphatic carbocycles. The van der Waals surface area contributed by atoms with E-state index in [1.165, 1.54) is 0 Å². The van der Waals surface area contributed by atoms with Crippen molar-refractivity contribution in [2.45, 2.75) is 20.8 Å². The third-order valence-electron chi connectivity index (χ3n) is 2.93. The number of allylic oxidation sites excluding steroid dienone is 1. The van der Waals surface area contributed by atoms with Gasteiger partial charge in [-0.1, -0.05) is 17.7 Å². The molecule has 0 aliphatic heterocycles. The van der Waals surface area contributed by atoms with Crippen LogP contribution in [0.4, 0.5) is 5.69 Å². The van der Waals surface area contributed by atoms with Crippen LogP contribution in [0.15, 0.2) is 60.2 Å². The summed E-state index contributed by atoms with van der Waals surface area (Å²) in [5, 5.41) is 2.83.